The van der Waals surface area contributed by atoms with Gasteiger partial charge in [-0.1, -0.05) is 67.0 Å². The van der Waals surface area contributed by atoms with Gasteiger partial charge in [-0.3, -0.25) is 0 Å². The Morgan fingerprint density at radius 3 is 2.00 bits per heavy atom. The molecule has 0 N–H and O–H groups in total. The van der Waals surface area contributed by atoms with Crippen LogP contribution in [0.5, 0.6) is 0 Å². The molecule has 0 aliphatic rings. The van der Waals surface area contributed by atoms with Crippen molar-refractivity contribution in [3.8, 4) is 0 Å². The molecule has 0 aliphatic carbocycles. The predicted molar refractivity (Wildman–Crippen MR) is 70.5 cm³/mol. The first-order chi connectivity index (χ1) is 6.33. The molecule has 0 saturated carbocycles. The summed E-state index contributed by atoms with van der Waals surface area (Å²) in [5.74, 6) is 2.16. The Kier molecular flexibility index (Phi) is 21.7. The van der Waals surface area contributed by atoms with Gasteiger partial charge < -0.3 is 0 Å². The second kappa shape index (κ2) is 18.1. The maximum absolute atomic E-state index is 3.64. The monoisotopic (exact) mass is 218 g/mol. The van der Waals surface area contributed by atoms with Crippen LogP contribution in [0.4, 0.5) is 0 Å². The van der Waals surface area contributed by atoms with Crippen LogP contribution in [-0.4, -0.2) is 11.5 Å². The van der Waals surface area contributed by atoms with E-state index in [0.717, 1.165) is 17.9 Å². The van der Waals surface area contributed by atoms with Crippen molar-refractivity contribution in [2.45, 2.75) is 33.6 Å². The standard InChI is InChI=1S/C8H14S2.C3H8/c1-3-5-6-8-10-9-7-4-2;1-3-2/h4-6H,2-3,7-8H2,1H3;3H2,1-2H3. The van der Waals surface area contributed by atoms with Gasteiger partial charge in [-0.15, -0.1) is 6.58 Å². The van der Waals surface area contributed by atoms with Gasteiger partial charge in [0.05, 0.1) is 0 Å². The minimum absolute atomic E-state index is 1.05. The van der Waals surface area contributed by atoms with Gasteiger partial charge in [0.25, 0.3) is 0 Å². The van der Waals surface area contributed by atoms with Crippen molar-refractivity contribution in [2.24, 2.45) is 0 Å². The van der Waals surface area contributed by atoms with Crippen molar-refractivity contribution in [1.29, 1.82) is 0 Å². The van der Waals surface area contributed by atoms with E-state index >= 15 is 0 Å². The third-order valence-corrected chi connectivity index (χ3v) is 3.02. The molecule has 0 saturated heterocycles. The fraction of sp³-hybridized carbons (Fsp3) is 0.636. The molecule has 0 unspecified atom stereocenters. The van der Waals surface area contributed by atoms with Crippen molar-refractivity contribution in [2.75, 3.05) is 11.5 Å². The van der Waals surface area contributed by atoms with Crippen LogP contribution in [0.2, 0.25) is 0 Å². The number of hydrogen-bond donors (Lipinski definition) is 0. The second-order valence-corrected chi connectivity index (χ2v) is 5.00. The van der Waals surface area contributed by atoms with Crippen LogP contribution in [0.1, 0.15) is 33.6 Å². The van der Waals surface area contributed by atoms with Gasteiger partial charge in [0.2, 0.25) is 0 Å². The van der Waals surface area contributed by atoms with Crippen molar-refractivity contribution in [3.63, 3.8) is 0 Å². The first kappa shape index (κ1) is 15.6. The van der Waals surface area contributed by atoms with E-state index in [1.165, 1.54) is 6.42 Å². The molecule has 0 aliphatic heterocycles. The van der Waals surface area contributed by atoms with E-state index in [4.69, 9.17) is 0 Å². The van der Waals surface area contributed by atoms with E-state index in [2.05, 4.69) is 39.5 Å². The molecule has 0 fully saturated rings. The lowest BCUT2D eigenvalue weighted by atomic mass is 10.4. The zero-order chi connectivity index (χ0) is 10.4. The van der Waals surface area contributed by atoms with Gasteiger partial charge in [0.1, 0.15) is 0 Å². The molecule has 0 bridgehead atoms. The van der Waals surface area contributed by atoms with Crippen molar-refractivity contribution >= 4 is 21.6 Å². The fourth-order valence-corrected chi connectivity index (χ4v) is 2.02. The Balaban J connectivity index is 0. The number of allylic oxidation sites excluding steroid dienone is 1. The van der Waals surface area contributed by atoms with Crippen LogP contribution in [0.3, 0.4) is 0 Å². The number of rotatable bonds is 6. The lowest BCUT2D eigenvalue weighted by Crippen LogP contribution is -1.67. The second-order valence-electron chi connectivity index (χ2n) is 2.44. The van der Waals surface area contributed by atoms with Crippen molar-refractivity contribution < 1.29 is 0 Å². The molecule has 0 radical (unpaired) electrons. The van der Waals surface area contributed by atoms with E-state index in [-0.39, 0.29) is 0 Å². The van der Waals surface area contributed by atoms with Gasteiger partial charge >= 0.3 is 0 Å². The summed E-state index contributed by atoms with van der Waals surface area (Å²) in [7, 11) is 3.73. The zero-order valence-electron chi connectivity index (χ0n) is 9.08. The molecule has 0 nitrogen and oxygen atoms in total. The third kappa shape index (κ3) is 24.5. The molecule has 0 atom stereocenters. The van der Waals surface area contributed by atoms with Gasteiger partial charge in [-0.2, -0.15) is 0 Å². The Labute approximate surface area is 91.7 Å². The summed E-state index contributed by atoms with van der Waals surface area (Å²) in [5, 5.41) is 0. The van der Waals surface area contributed by atoms with Gasteiger partial charge in [-0.25, -0.2) is 0 Å². The first-order valence-corrected chi connectivity index (χ1v) is 7.32. The summed E-state index contributed by atoms with van der Waals surface area (Å²) in [6.45, 7) is 10.0. The first-order valence-electron chi connectivity index (χ1n) is 4.83. The quantitative estimate of drug-likeness (QED) is 0.352. The summed E-state index contributed by atoms with van der Waals surface area (Å²) in [5.41, 5.74) is 0. The maximum atomic E-state index is 3.64. The van der Waals surface area contributed by atoms with Gasteiger partial charge in [0.15, 0.2) is 0 Å². The summed E-state index contributed by atoms with van der Waals surface area (Å²) in [6.07, 6.45) is 8.73. The minimum Gasteiger partial charge on any atom is -0.102 e. The Morgan fingerprint density at radius 2 is 1.54 bits per heavy atom. The van der Waals surface area contributed by atoms with Gasteiger partial charge in [0, 0.05) is 11.5 Å². The molecule has 0 heterocycles. The molecule has 0 aromatic carbocycles. The average Bonchev–Trinajstić information content (AvgIpc) is 2.13. The van der Waals surface area contributed by atoms with Crippen LogP contribution >= 0.6 is 21.6 Å². The largest absolute Gasteiger partial charge is 0.102 e. The molecule has 0 rings (SSSR count). The Morgan fingerprint density at radius 1 is 1.00 bits per heavy atom. The molecule has 13 heavy (non-hydrogen) atoms. The van der Waals surface area contributed by atoms with Crippen LogP contribution in [0.15, 0.2) is 24.8 Å². The summed E-state index contributed by atoms with van der Waals surface area (Å²) < 4.78 is 0. The summed E-state index contributed by atoms with van der Waals surface area (Å²) >= 11 is 0. The maximum Gasteiger partial charge on any atom is 0.0217 e. The number of hydrogen-bond acceptors (Lipinski definition) is 2. The molecule has 78 valence electrons. The highest BCUT2D eigenvalue weighted by atomic mass is 33.1. The molecular weight excluding hydrogens is 196 g/mol. The Hall–Kier alpha value is 0.180. The van der Waals surface area contributed by atoms with E-state index in [1.54, 1.807) is 0 Å². The third-order valence-electron chi connectivity index (χ3n) is 0.836. The average molecular weight is 218 g/mol. The SMILES string of the molecule is C=CCSSCC=CCC.CCC. The smallest absolute Gasteiger partial charge is 0.0217 e. The van der Waals surface area contributed by atoms with Gasteiger partial charge in [-0.05, 0) is 6.42 Å². The highest BCUT2D eigenvalue weighted by molar-refractivity contribution is 8.76. The van der Waals surface area contributed by atoms with Crippen LogP contribution in [0, 0.1) is 0 Å². The molecule has 0 aromatic heterocycles. The fourth-order valence-electron chi connectivity index (χ4n) is 0.418. The normalized spacial score (nSPS) is 9.46. The van der Waals surface area contributed by atoms with Crippen LogP contribution in [-0.2, 0) is 0 Å². The van der Waals surface area contributed by atoms with Crippen LogP contribution < -0.4 is 0 Å². The molecule has 0 amide bonds. The zero-order valence-corrected chi connectivity index (χ0v) is 10.7. The lowest BCUT2D eigenvalue weighted by molar-refractivity contribution is 1.09. The Bertz CT molecular complexity index is 109. The van der Waals surface area contributed by atoms with Crippen LogP contribution in [0.25, 0.3) is 0 Å². The lowest BCUT2D eigenvalue weighted by Gasteiger charge is -1.90. The highest BCUT2D eigenvalue weighted by Crippen LogP contribution is 2.20. The van der Waals surface area contributed by atoms with E-state index in [9.17, 15) is 0 Å². The van der Waals surface area contributed by atoms with Crippen molar-refractivity contribution in [3.05, 3.63) is 24.8 Å². The topological polar surface area (TPSA) is 0 Å². The molecule has 0 aromatic rings. The highest BCUT2D eigenvalue weighted by Gasteiger charge is 1.81. The summed E-state index contributed by atoms with van der Waals surface area (Å²) in [6, 6.07) is 0. The molecule has 2 heteroatoms. The minimum atomic E-state index is 1.05. The van der Waals surface area contributed by atoms with E-state index in [1.807, 2.05) is 27.7 Å². The van der Waals surface area contributed by atoms with E-state index in [0.29, 0.717) is 0 Å². The predicted octanol–water partition coefficient (Wildman–Crippen LogP) is 4.94. The summed E-state index contributed by atoms with van der Waals surface area (Å²) in [4.78, 5) is 0. The molecular formula is C11H22S2. The van der Waals surface area contributed by atoms with Crippen molar-refractivity contribution in [1.82, 2.24) is 0 Å². The van der Waals surface area contributed by atoms with E-state index < -0.39 is 0 Å². The molecule has 0 spiro atoms.